The first-order chi connectivity index (χ1) is 12.2. The number of carbonyl (C=O) groups is 1. The maximum absolute atomic E-state index is 12.6. The normalized spacial score (nSPS) is 22.0. The van der Waals surface area contributed by atoms with Gasteiger partial charge in [-0.25, -0.2) is 9.78 Å². The van der Waals surface area contributed by atoms with Gasteiger partial charge >= 0.3 is 6.09 Å². The maximum atomic E-state index is 12.6. The zero-order chi connectivity index (χ0) is 18.7. The molecule has 2 aromatic heterocycles. The molecule has 0 aromatic carbocycles. The second-order valence-corrected chi connectivity index (χ2v) is 9.51. The van der Waals surface area contributed by atoms with Crippen molar-refractivity contribution in [3.63, 3.8) is 0 Å². The van der Waals surface area contributed by atoms with Crippen LogP contribution in [0.25, 0.3) is 11.0 Å². The Morgan fingerprint density at radius 2 is 2.15 bits per heavy atom. The van der Waals surface area contributed by atoms with Crippen molar-refractivity contribution in [2.45, 2.75) is 63.6 Å². The molecule has 1 aliphatic carbocycles. The zero-order valence-electron chi connectivity index (χ0n) is 15.1. The summed E-state index contributed by atoms with van der Waals surface area (Å²) in [6.45, 7) is 6.40. The second-order valence-electron chi connectivity index (χ2n) is 8.27. The van der Waals surface area contributed by atoms with Crippen molar-refractivity contribution < 1.29 is 9.53 Å². The molecule has 1 saturated carbocycles. The van der Waals surface area contributed by atoms with E-state index in [-0.39, 0.29) is 17.7 Å². The average Bonchev–Trinajstić information content (AvgIpc) is 3.12. The number of aromatic nitrogens is 3. The van der Waals surface area contributed by atoms with E-state index >= 15 is 0 Å². The van der Waals surface area contributed by atoms with E-state index in [4.69, 9.17) is 21.4 Å². The van der Waals surface area contributed by atoms with Gasteiger partial charge in [0.1, 0.15) is 21.8 Å². The number of carbonyl (C=O) groups excluding carboxylic acids is 1. The van der Waals surface area contributed by atoms with Crippen molar-refractivity contribution in [1.29, 1.82) is 0 Å². The Morgan fingerprint density at radius 3 is 2.81 bits per heavy atom. The van der Waals surface area contributed by atoms with Crippen molar-refractivity contribution >= 4 is 44.7 Å². The minimum absolute atomic E-state index is 0.0777. The van der Waals surface area contributed by atoms with Gasteiger partial charge in [0.25, 0.3) is 0 Å². The maximum Gasteiger partial charge on any atom is 0.410 e. The van der Waals surface area contributed by atoms with Gasteiger partial charge in [0, 0.05) is 12.1 Å². The summed E-state index contributed by atoms with van der Waals surface area (Å²) < 4.78 is 8.44. The van der Waals surface area contributed by atoms with Crippen LogP contribution in [0.3, 0.4) is 0 Å². The van der Waals surface area contributed by atoms with Gasteiger partial charge in [0.15, 0.2) is 0 Å². The average molecular weight is 442 g/mol. The van der Waals surface area contributed by atoms with Crippen LogP contribution in [0.15, 0.2) is 16.7 Å². The number of likely N-dealkylation sites (tertiary alicyclic amines) is 1. The van der Waals surface area contributed by atoms with E-state index in [2.05, 4.69) is 20.9 Å². The van der Waals surface area contributed by atoms with E-state index in [1.54, 1.807) is 6.07 Å². The van der Waals surface area contributed by atoms with Crippen LogP contribution in [0.5, 0.6) is 0 Å². The smallest absolute Gasteiger partial charge is 0.410 e. The van der Waals surface area contributed by atoms with E-state index in [9.17, 15) is 4.79 Å². The number of rotatable bonds is 1. The van der Waals surface area contributed by atoms with E-state index in [0.717, 1.165) is 41.2 Å². The van der Waals surface area contributed by atoms with Crippen molar-refractivity contribution in [3.8, 4) is 0 Å². The number of nitrogens with zero attached hydrogens (tertiary/aromatic N) is 4. The fourth-order valence-corrected chi connectivity index (χ4v) is 4.58. The van der Waals surface area contributed by atoms with Crippen LogP contribution in [0.1, 0.15) is 52.5 Å². The minimum Gasteiger partial charge on any atom is -0.444 e. The highest BCUT2D eigenvalue weighted by atomic mass is 79.9. The molecule has 6 nitrogen and oxygen atoms in total. The zero-order valence-corrected chi connectivity index (χ0v) is 17.5. The molecule has 1 amide bonds. The predicted octanol–water partition coefficient (Wildman–Crippen LogP) is 4.95. The van der Waals surface area contributed by atoms with Crippen LogP contribution < -0.4 is 0 Å². The van der Waals surface area contributed by atoms with Crippen LogP contribution in [0.4, 0.5) is 4.79 Å². The Labute approximate surface area is 166 Å². The molecular weight excluding hydrogens is 420 g/mol. The fraction of sp³-hybridized carbons (Fsp3) is 0.611. The Morgan fingerprint density at radius 1 is 1.42 bits per heavy atom. The van der Waals surface area contributed by atoms with Crippen molar-refractivity contribution in [1.82, 2.24) is 19.7 Å². The van der Waals surface area contributed by atoms with Crippen molar-refractivity contribution in [3.05, 3.63) is 21.9 Å². The first-order valence-corrected chi connectivity index (χ1v) is 10.1. The Kier molecular flexibility index (Phi) is 4.23. The molecule has 3 heterocycles. The molecule has 0 radical (unpaired) electrons. The summed E-state index contributed by atoms with van der Waals surface area (Å²) in [7, 11) is 0. The molecule has 4 rings (SSSR count). The van der Waals surface area contributed by atoms with Crippen LogP contribution in [0, 0.1) is 0 Å². The van der Waals surface area contributed by atoms with Gasteiger partial charge in [-0.1, -0.05) is 11.6 Å². The molecule has 140 valence electrons. The topological polar surface area (TPSA) is 60.2 Å². The summed E-state index contributed by atoms with van der Waals surface area (Å²) in [4.78, 5) is 18.9. The number of amides is 1. The molecule has 2 aliphatic rings. The highest BCUT2D eigenvalue weighted by Crippen LogP contribution is 2.51. The fourth-order valence-electron chi connectivity index (χ4n) is 3.75. The molecule has 1 atom stereocenters. The molecule has 1 unspecified atom stereocenters. The monoisotopic (exact) mass is 440 g/mol. The van der Waals surface area contributed by atoms with Crippen LogP contribution in [-0.4, -0.2) is 43.4 Å². The molecule has 26 heavy (non-hydrogen) atoms. The van der Waals surface area contributed by atoms with E-state index in [0.29, 0.717) is 11.7 Å². The molecule has 0 N–H and O–H groups in total. The van der Waals surface area contributed by atoms with Gasteiger partial charge in [0.2, 0.25) is 0 Å². The Hall–Kier alpha value is -1.34. The van der Waals surface area contributed by atoms with Crippen LogP contribution >= 0.6 is 27.5 Å². The Bertz CT molecular complexity index is 872. The lowest BCUT2D eigenvalue weighted by Crippen LogP contribution is -2.50. The lowest BCUT2D eigenvalue weighted by atomic mass is 9.95. The standard InChI is InChI=1S/C18H22BrClN4O2/c1-17(2,3)26-16(25)23-7-4-11(9-18(23)5-6-18)24-10-13-15(22-24)12(19)8-14(20)21-13/h8,10-11H,4-7,9H2,1-3H3. The second kappa shape index (κ2) is 6.09. The summed E-state index contributed by atoms with van der Waals surface area (Å²) >= 11 is 9.55. The number of fused-ring (bicyclic) bond motifs is 1. The summed E-state index contributed by atoms with van der Waals surface area (Å²) in [5, 5.41) is 5.16. The molecule has 1 aliphatic heterocycles. The van der Waals surface area contributed by atoms with Crippen LogP contribution in [-0.2, 0) is 4.74 Å². The first-order valence-electron chi connectivity index (χ1n) is 8.88. The van der Waals surface area contributed by atoms with Crippen molar-refractivity contribution in [2.75, 3.05) is 6.54 Å². The summed E-state index contributed by atoms with van der Waals surface area (Å²) in [5.74, 6) is 0. The molecule has 2 aromatic rings. The summed E-state index contributed by atoms with van der Waals surface area (Å²) in [5.41, 5.74) is 1.05. The van der Waals surface area contributed by atoms with E-state index < -0.39 is 5.60 Å². The Balaban J connectivity index is 1.55. The van der Waals surface area contributed by atoms with Gasteiger partial charge in [-0.05, 0) is 68.5 Å². The minimum atomic E-state index is -0.471. The molecule has 0 bridgehead atoms. The SMILES string of the molecule is CC(C)(C)OC(=O)N1CCC(n2cc3nc(Cl)cc(Br)c3n2)CC12CC2. The third kappa shape index (κ3) is 3.31. The number of pyridine rings is 1. The van der Waals surface area contributed by atoms with E-state index in [1.807, 2.05) is 36.5 Å². The molecular formula is C18H22BrClN4O2. The number of halogens is 2. The first kappa shape index (κ1) is 18.0. The van der Waals surface area contributed by atoms with Gasteiger partial charge < -0.3 is 9.64 Å². The lowest BCUT2D eigenvalue weighted by molar-refractivity contribution is 0.0000147. The van der Waals surface area contributed by atoms with Gasteiger partial charge in [-0.2, -0.15) is 5.10 Å². The number of ether oxygens (including phenoxy) is 1. The number of piperidine rings is 1. The summed E-state index contributed by atoms with van der Waals surface area (Å²) in [6, 6.07) is 2.01. The quantitative estimate of drug-likeness (QED) is 0.587. The van der Waals surface area contributed by atoms with Gasteiger partial charge in [-0.15, -0.1) is 0 Å². The van der Waals surface area contributed by atoms with Crippen LogP contribution in [0.2, 0.25) is 5.15 Å². The molecule has 8 heteroatoms. The molecule has 1 saturated heterocycles. The summed E-state index contributed by atoms with van der Waals surface area (Å²) in [6.07, 6.45) is 5.55. The van der Waals surface area contributed by atoms with Gasteiger partial charge in [0.05, 0.1) is 16.7 Å². The lowest BCUT2D eigenvalue weighted by Gasteiger charge is -2.40. The highest BCUT2D eigenvalue weighted by molar-refractivity contribution is 9.10. The molecule has 2 fully saturated rings. The third-order valence-corrected chi connectivity index (χ3v) is 5.90. The number of hydrogen-bond donors (Lipinski definition) is 0. The highest BCUT2D eigenvalue weighted by Gasteiger charge is 2.54. The third-order valence-electron chi connectivity index (χ3n) is 5.10. The predicted molar refractivity (Wildman–Crippen MR) is 103 cm³/mol. The largest absolute Gasteiger partial charge is 0.444 e. The van der Waals surface area contributed by atoms with Gasteiger partial charge in [-0.3, -0.25) is 4.68 Å². The molecule has 1 spiro atoms. The van der Waals surface area contributed by atoms with E-state index in [1.165, 1.54) is 0 Å². The number of hydrogen-bond acceptors (Lipinski definition) is 4. The van der Waals surface area contributed by atoms with Crippen molar-refractivity contribution in [2.24, 2.45) is 0 Å².